The number of carbonyl (C=O) groups excluding carboxylic acids is 1. The molecule has 0 unspecified atom stereocenters. The largest absolute Gasteiger partial charge is 0.483 e. The molecule has 1 amide bonds. The summed E-state index contributed by atoms with van der Waals surface area (Å²) in [6.45, 7) is 6.14. The Morgan fingerprint density at radius 3 is 2.65 bits per heavy atom. The van der Waals surface area contributed by atoms with E-state index < -0.39 is 0 Å². The van der Waals surface area contributed by atoms with E-state index in [-0.39, 0.29) is 12.5 Å². The van der Waals surface area contributed by atoms with Gasteiger partial charge in [0, 0.05) is 4.47 Å². The van der Waals surface area contributed by atoms with Gasteiger partial charge in [-0.15, -0.1) is 0 Å². The first-order valence-corrected chi connectivity index (χ1v) is 8.52. The molecule has 3 nitrogen and oxygen atoms in total. The van der Waals surface area contributed by atoms with Crippen LogP contribution in [0.4, 0.5) is 5.69 Å². The van der Waals surface area contributed by atoms with Gasteiger partial charge >= 0.3 is 0 Å². The average Bonchev–Trinajstić information content (AvgIpc) is 2.49. The quantitative estimate of drug-likeness (QED) is 0.719. The van der Waals surface area contributed by atoms with Crippen molar-refractivity contribution >= 4 is 39.1 Å². The van der Waals surface area contributed by atoms with Gasteiger partial charge in [-0.05, 0) is 48.2 Å². The molecule has 23 heavy (non-hydrogen) atoms. The molecule has 0 heterocycles. The Morgan fingerprint density at radius 1 is 1.26 bits per heavy atom. The summed E-state index contributed by atoms with van der Waals surface area (Å²) in [5.41, 5.74) is 2.75. The predicted molar refractivity (Wildman–Crippen MR) is 98.5 cm³/mol. The molecule has 0 saturated heterocycles. The molecule has 0 aliphatic rings. The first-order chi connectivity index (χ1) is 10.9. The van der Waals surface area contributed by atoms with Crippen LogP contribution in [0.3, 0.4) is 0 Å². The van der Waals surface area contributed by atoms with Gasteiger partial charge in [0.25, 0.3) is 5.91 Å². The number of benzene rings is 2. The minimum absolute atomic E-state index is 0.0607. The highest BCUT2D eigenvalue weighted by Crippen LogP contribution is 2.26. The minimum atomic E-state index is -0.247. The van der Waals surface area contributed by atoms with Gasteiger partial charge in [0.1, 0.15) is 5.75 Å². The number of amides is 1. The monoisotopic (exact) mass is 395 g/mol. The molecule has 5 heteroatoms. The third-order valence-electron chi connectivity index (χ3n) is 3.44. The lowest BCUT2D eigenvalue weighted by molar-refractivity contribution is -0.118. The van der Waals surface area contributed by atoms with Crippen LogP contribution >= 0.6 is 27.5 Å². The minimum Gasteiger partial charge on any atom is -0.483 e. The zero-order chi connectivity index (χ0) is 17.0. The normalized spacial score (nSPS) is 10.7. The first-order valence-electron chi connectivity index (χ1n) is 7.35. The van der Waals surface area contributed by atoms with Crippen LogP contribution in [-0.2, 0) is 4.79 Å². The van der Waals surface area contributed by atoms with E-state index in [4.69, 9.17) is 16.3 Å². The van der Waals surface area contributed by atoms with Gasteiger partial charge in [0.05, 0.1) is 10.7 Å². The molecule has 0 fully saturated rings. The highest BCUT2D eigenvalue weighted by atomic mass is 79.9. The number of hydrogen-bond donors (Lipinski definition) is 1. The highest BCUT2D eigenvalue weighted by Gasteiger charge is 2.09. The fraction of sp³-hybridized carbons (Fsp3) is 0.278. The van der Waals surface area contributed by atoms with Gasteiger partial charge < -0.3 is 10.1 Å². The molecule has 0 atom stereocenters. The fourth-order valence-electron chi connectivity index (χ4n) is 2.05. The molecule has 0 spiro atoms. The third-order valence-corrected chi connectivity index (χ3v) is 4.25. The Balaban J connectivity index is 2.00. The van der Waals surface area contributed by atoms with Crippen molar-refractivity contribution in [3.63, 3.8) is 0 Å². The molecule has 2 aromatic carbocycles. The van der Waals surface area contributed by atoms with E-state index in [1.165, 1.54) is 5.56 Å². The number of anilines is 1. The van der Waals surface area contributed by atoms with Crippen molar-refractivity contribution in [2.75, 3.05) is 11.9 Å². The lowest BCUT2D eigenvalue weighted by Gasteiger charge is -2.13. The molecule has 1 N–H and O–H groups in total. The number of rotatable bonds is 5. The zero-order valence-electron chi connectivity index (χ0n) is 13.3. The van der Waals surface area contributed by atoms with E-state index in [1.54, 1.807) is 12.1 Å². The Morgan fingerprint density at radius 2 is 2.00 bits per heavy atom. The Labute approximate surface area is 150 Å². The summed E-state index contributed by atoms with van der Waals surface area (Å²) in [6.07, 6.45) is 0. The fourth-order valence-corrected chi connectivity index (χ4v) is 2.77. The topological polar surface area (TPSA) is 38.3 Å². The molecule has 0 saturated carbocycles. The lowest BCUT2D eigenvalue weighted by atomic mass is 10.0. The Hall–Kier alpha value is -1.52. The molecule has 2 aromatic rings. The van der Waals surface area contributed by atoms with Crippen molar-refractivity contribution in [3.05, 3.63) is 57.0 Å². The first kappa shape index (κ1) is 17.8. The van der Waals surface area contributed by atoms with Crippen LogP contribution in [0.15, 0.2) is 40.9 Å². The average molecular weight is 397 g/mol. The summed E-state index contributed by atoms with van der Waals surface area (Å²) in [4.78, 5) is 12.0. The second-order valence-corrected chi connectivity index (χ2v) is 6.96. The maximum Gasteiger partial charge on any atom is 0.262 e. The van der Waals surface area contributed by atoms with Crippen molar-refractivity contribution in [1.82, 2.24) is 0 Å². The molecule has 0 aromatic heterocycles. The van der Waals surface area contributed by atoms with Crippen LogP contribution in [0.2, 0.25) is 5.02 Å². The summed E-state index contributed by atoms with van der Waals surface area (Å²) >= 11 is 9.41. The van der Waals surface area contributed by atoms with E-state index in [9.17, 15) is 4.79 Å². The second-order valence-electron chi connectivity index (χ2n) is 5.64. The summed E-state index contributed by atoms with van der Waals surface area (Å²) in [5, 5.41) is 3.23. The van der Waals surface area contributed by atoms with E-state index in [1.807, 2.05) is 25.1 Å². The molecule has 0 aliphatic carbocycles. The van der Waals surface area contributed by atoms with Gasteiger partial charge in [-0.25, -0.2) is 0 Å². The number of halogens is 2. The molecule has 0 radical (unpaired) electrons. The number of ether oxygens (including phenoxy) is 1. The van der Waals surface area contributed by atoms with Crippen LogP contribution in [0.25, 0.3) is 0 Å². The maximum absolute atomic E-state index is 12.0. The van der Waals surface area contributed by atoms with E-state index >= 15 is 0 Å². The Kier molecular flexibility index (Phi) is 6.08. The van der Waals surface area contributed by atoms with Crippen LogP contribution in [0, 0.1) is 6.92 Å². The van der Waals surface area contributed by atoms with E-state index in [0.29, 0.717) is 16.6 Å². The van der Waals surface area contributed by atoms with Gasteiger partial charge in [0.15, 0.2) is 6.61 Å². The van der Waals surface area contributed by atoms with Gasteiger partial charge in [0.2, 0.25) is 0 Å². The second kappa shape index (κ2) is 7.84. The lowest BCUT2D eigenvalue weighted by Crippen LogP contribution is -2.20. The maximum atomic E-state index is 12.0. The van der Waals surface area contributed by atoms with Crippen molar-refractivity contribution in [3.8, 4) is 5.75 Å². The molecular weight excluding hydrogens is 378 g/mol. The van der Waals surface area contributed by atoms with Crippen molar-refractivity contribution in [2.45, 2.75) is 26.7 Å². The number of aryl methyl sites for hydroxylation is 1. The van der Waals surface area contributed by atoms with Crippen LogP contribution in [0.5, 0.6) is 5.75 Å². The zero-order valence-corrected chi connectivity index (χ0v) is 15.7. The molecule has 122 valence electrons. The molecule has 0 bridgehead atoms. The molecule has 2 rings (SSSR count). The number of nitrogens with one attached hydrogen (secondary N) is 1. The van der Waals surface area contributed by atoms with E-state index in [2.05, 4.69) is 41.2 Å². The number of carbonyl (C=O) groups is 1. The Bertz CT molecular complexity index is 716. The summed E-state index contributed by atoms with van der Waals surface area (Å²) in [5.74, 6) is 0.894. The molecule has 0 aliphatic heterocycles. The van der Waals surface area contributed by atoms with Crippen LogP contribution in [-0.4, -0.2) is 12.5 Å². The summed E-state index contributed by atoms with van der Waals surface area (Å²) in [6, 6.07) is 11.4. The summed E-state index contributed by atoms with van der Waals surface area (Å²) in [7, 11) is 0. The SMILES string of the molecule is Cc1ccc(C(C)C)cc1OCC(=O)Nc1ccc(Br)cc1Cl. The van der Waals surface area contributed by atoms with Crippen molar-refractivity contribution < 1.29 is 9.53 Å². The molecular formula is C18H19BrClNO2. The van der Waals surface area contributed by atoms with Crippen molar-refractivity contribution in [2.24, 2.45) is 0 Å². The van der Waals surface area contributed by atoms with E-state index in [0.717, 1.165) is 15.8 Å². The predicted octanol–water partition coefficient (Wildman–Crippen LogP) is 5.55. The standard InChI is InChI=1S/C18H19BrClNO2/c1-11(2)13-5-4-12(3)17(8-13)23-10-18(22)21-16-7-6-14(19)9-15(16)20/h4-9,11H,10H2,1-3H3,(H,21,22). The number of hydrogen-bond acceptors (Lipinski definition) is 2. The van der Waals surface area contributed by atoms with Gasteiger partial charge in [-0.3, -0.25) is 4.79 Å². The smallest absolute Gasteiger partial charge is 0.262 e. The third kappa shape index (κ3) is 4.98. The van der Waals surface area contributed by atoms with Gasteiger partial charge in [-0.1, -0.05) is 53.5 Å². The highest BCUT2D eigenvalue weighted by molar-refractivity contribution is 9.10. The van der Waals surface area contributed by atoms with Gasteiger partial charge in [-0.2, -0.15) is 0 Å². The van der Waals surface area contributed by atoms with Crippen molar-refractivity contribution in [1.29, 1.82) is 0 Å². The van der Waals surface area contributed by atoms with Crippen LogP contribution < -0.4 is 10.1 Å². The van der Waals surface area contributed by atoms with Crippen LogP contribution in [0.1, 0.15) is 30.9 Å². The summed E-state index contributed by atoms with van der Waals surface area (Å²) < 4.78 is 6.52.